The maximum atomic E-state index is 13.1. The summed E-state index contributed by atoms with van der Waals surface area (Å²) in [6, 6.07) is 23.0. The van der Waals surface area contributed by atoms with Gasteiger partial charge in [0, 0.05) is 10.9 Å². The predicted molar refractivity (Wildman–Crippen MR) is 118 cm³/mol. The molecule has 0 aromatic heterocycles. The molecule has 0 saturated heterocycles. The monoisotopic (exact) mass is 421 g/mol. The zero-order valence-corrected chi connectivity index (χ0v) is 17.7. The Bertz CT molecular complexity index is 970. The van der Waals surface area contributed by atoms with E-state index in [0.717, 1.165) is 39.6 Å². The minimum absolute atomic E-state index is 0.0385. The van der Waals surface area contributed by atoms with Gasteiger partial charge in [0.2, 0.25) is 5.91 Å². The van der Waals surface area contributed by atoms with E-state index in [1.807, 2.05) is 72.8 Å². The molecule has 2 atom stereocenters. The molecule has 154 valence electrons. The third kappa shape index (κ3) is 4.29. The van der Waals surface area contributed by atoms with Crippen molar-refractivity contribution in [2.45, 2.75) is 18.4 Å². The first-order valence-electron chi connectivity index (χ1n) is 9.93. The third-order valence-electron chi connectivity index (χ3n) is 5.62. The Morgan fingerprint density at radius 3 is 1.93 bits per heavy atom. The summed E-state index contributed by atoms with van der Waals surface area (Å²) < 4.78 is 10.5. The van der Waals surface area contributed by atoms with Crippen LogP contribution in [-0.2, 0) is 4.79 Å². The van der Waals surface area contributed by atoms with E-state index in [9.17, 15) is 4.79 Å². The summed E-state index contributed by atoms with van der Waals surface area (Å²) in [5.41, 5.74) is 3.03. The maximum Gasteiger partial charge on any atom is 0.224 e. The van der Waals surface area contributed by atoms with Crippen molar-refractivity contribution in [2.24, 2.45) is 5.92 Å². The second kappa shape index (κ2) is 8.80. The second-order valence-corrected chi connectivity index (χ2v) is 7.87. The maximum absolute atomic E-state index is 13.1. The van der Waals surface area contributed by atoms with Gasteiger partial charge in [0.15, 0.2) is 0 Å². The molecule has 0 bridgehead atoms. The summed E-state index contributed by atoms with van der Waals surface area (Å²) in [5.74, 6) is 1.70. The average molecular weight is 422 g/mol. The molecule has 0 aliphatic heterocycles. The largest absolute Gasteiger partial charge is 0.497 e. The van der Waals surface area contributed by atoms with Crippen LogP contribution in [0, 0.1) is 5.92 Å². The van der Waals surface area contributed by atoms with Crippen LogP contribution in [0.2, 0.25) is 5.02 Å². The number of benzene rings is 3. The number of hydrogen-bond donors (Lipinski definition) is 1. The molecule has 1 fully saturated rings. The van der Waals surface area contributed by atoms with Gasteiger partial charge in [-0.25, -0.2) is 0 Å². The molecule has 1 aliphatic rings. The van der Waals surface area contributed by atoms with Crippen LogP contribution in [-0.4, -0.2) is 20.1 Å². The summed E-state index contributed by atoms with van der Waals surface area (Å²) in [4.78, 5) is 13.1. The first kappa shape index (κ1) is 20.3. The smallest absolute Gasteiger partial charge is 0.224 e. The van der Waals surface area contributed by atoms with E-state index in [4.69, 9.17) is 21.1 Å². The fraction of sp³-hybridized carbons (Fsp3) is 0.240. The Balaban J connectivity index is 1.56. The zero-order valence-electron chi connectivity index (χ0n) is 17.0. The van der Waals surface area contributed by atoms with Crippen molar-refractivity contribution in [2.75, 3.05) is 14.2 Å². The van der Waals surface area contributed by atoms with Gasteiger partial charge in [0.1, 0.15) is 11.5 Å². The molecule has 4 rings (SSSR count). The summed E-state index contributed by atoms with van der Waals surface area (Å²) in [6.45, 7) is 0. The van der Waals surface area contributed by atoms with Crippen molar-refractivity contribution in [3.05, 3.63) is 94.5 Å². The number of amides is 1. The highest BCUT2D eigenvalue weighted by Crippen LogP contribution is 2.50. The summed E-state index contributed by atoms with van der Waals surface area (Å²) in [6.07, 6.45) is 0.813. The number of nitrogens with one attached hydrogen (secondary N) is 1. The molecule has 1 saturated carbocycles. The standard InChI is InChI=1S/C25H24ClNO3/c1-29-18-11-7-16(8-12-18)24(17-9-13-19(30-2)14-10-17)27-25(28)22-15-21(22)20-5-3-4-6-23(20)26/h3-14,21-22,24H,15H2,1-2H3,(H,27,28). The Morgan fingerprint density at radius 1 is 0.900 bits per heavy atom. The summed E-state index contributed by atoms with van der Waals surface area (Å²) in [5, 5.41) is 3.96. The Morgan fingerprint density at radius 2 is 1.43 bits per heavy atom. The van der Waals surface area contributed by atoms with Crippen LogP contribution in [0.4, 0.5) is 0 Å². The van der Waals surface area contributed by atoms with E-state index in [-0.39, 0.29) is 23.8 Å². The van der Waals surface area contributed by atoms with Gasteiger partial charge in [-0.05, 0) is 59.4 Å². The lowest BCUT2D eigenvalue weighted by molar-refractivity contribution is -0.122. The molecule has 0 spiro atoms. The van der Waals surface area contributed by atoms with Gasteiger partial charge in [-0.15, -0.1) is 0 Å². The van der Waals surface area contributed by atoms with Gasteiger partial charge in [-0.3, -0.25) is 4.79 Å². The molecule has 5 heteroatoms. The second-order valence-electron chi connectivity index (χ2n) is 7.46. The minimum atomic E-state index is -0.262. The minimum Gasteiger partial charge on any atom is -0.497 e. The van der Waals surface area contributed by atoms with Crippen molar-refractivity contribution in [1.82, 2.24) is 5.32 Å². The van der Waals surface area contributed by atoms with E-state index in [1.165, 1.54) is 0 Å². The number of hydrogen-bond acceptors (Lipinski definition) is 3. The quantitative estimate of drug-likeness (QED) is 0.558. The predicted octanol–water partition coefficient (Wildman–Crippen LogP) is 5.37. The average Bonchev–Trinajstić information content (AvgIpc) is 3.59. The van der Waals surface area contributed by atoms with Crippen LogP contribution in [0.3, 0.4) is 0 Å². The molecular formula is C25H24ClNO3. The first-order valence-corrected chi connectivity index (χ1v) is 10.3. The van der Waals surface area contributed by atoms with Gasteiger partial charge in [-0.2, -0.15) is 0 Å². The van der Waals surface area contributed by atoms with Crippen LogP contribution >= 0.6 is 11.6 Å². The van der Waals surface area contributed by atoms with Crippen molar-refractivity contribution < 1.29 is 14.3 Å². The van der Waals surface area contributed by atoms with Gasteiger partial charge >= 0.3 is 0 Å². The van der Waals surface area contributed by atoms with Crippen molar-refractivity contribution in [1.29, 1.82) is 0 Å². The Kier molecular flexibility index (Phi) is 5.96. The van der Waals surface area contributed by atoms with E-state index >= 15 is 0 Å². The molecule has 3 aromatic carbocycles. The molecule has 1 amide bonds. The molecule has 4 nitrogen and oxygen atoms in total. The molecule has 1 N–H and O–H groups in total. The molecule has 0 heterocycles. The number of rotatable bonds is 7. The number of halogens is 1. The van der Waals surface area contributed by atoms with E-state index < -0.39 is 0 Å². The first-order chi connectivity index (χ1) is 14.6. The normalized spacial score (nSPS) is 17.5. The van der Waals surface area contributed by atoms with Crippen LogP contribution in [0.25, 0.3) is 0 Å². The molecule has 1 aliphatic carbocycles. The fourth-order valence-corrected chi connectivity index (χ4v) is 4.08. The molecule has 3 aromatic rings. The lowest BCUT2D eigenvalue weighted by Gasteiger charge is -2.21. The van der Waals surface area contributed by atoms with Crippen LogP contribution in [0.1, 0.15) is 35.1 Å². The number of carbonyl (C=O) groups is 1. The van der Waals surface area contributed by atoms with Gasteiger partial charge in [-0.1, -0.05) is 54.1 Å². The molecule has 0 radical (unpaired) electrons. The van der Waals surface area contributed by atoms with E-state index in [2.05, 4.69) is 5.32 Å². The van der Waals surface area contributed by atoms with Crippen LogP contribution < -0.4 is 14.8 Å². The number of ether oxygens (including phenoxy) is 2. The van der Waals surface area contributed by atoms with E-state index in [1.54, 1.807) is 14.2 Å². The van der Waals surface area contributed by atoms with E-state index in [0.29, 0.717) is 0 Å². The number of carbonyl (C=O) groups excluding carboxylic acids is 1. The third-order valence-corrected chi connectivity index (χ3v) is 5.96. The van der Waals surface area contributed by atoms with Crippen LogP contribution in [0.15, 0.2) is 72.8 Å². The van der Waals surface area contributed by atoms with Crippen molar-refractivity contribution in [3.63, 3.8) is 0 Å². The Labute approximate surface area is 181 Å². The van der Waals surface area contributed by atoms with Gasteiger partial charge in [0.25, 0.3) is 0 Å². The number of methoxy groups -OCH3 is 2. The highest BCUT2D eigenvalue weighted by molar-refractivity contribution is 6.31. The van der Waals surface area contributed by atoms with Gasteiger partial charge in [0.05, 0.1) is 20.3 Å². The highest BCUT2D eigenvalue weighted by Gasteiger charge is 2.45. The molecular weight excluding hydrogens is 398 g/mol. The van der Waals surface area contributed by atoms with Crippen LogP contribution in [0.5, 0.6) is 11.5 Å². The lowest BCUT2D eigenvalue weighted by atomic mass is 9.98. The topological polar surface area (TPSA) is 47.6 Å². The zero-order chi connectivity index (χ0) is 21.1. The van der Waals surface area contributed by atoms with Gasteiger partial charge < -0.3 is 14.8 Å². The summed E-state index contributed by atoms with van der Waals surface area (Å²) in [7, 11) is 3.28. The lowest BCUT2D eigenvalue weighted by Crippen LogP contribution is -2.31. The fourth-order valence-electron chi connectivity index (χ4n) is 3.81. The van der Waals surface area contributed by atoms with Crippen molar-refractivity contribution in [3.8, 4) is 11.5 Å². The van der Waals surface area contributed by atoms with Crippen molar-refractivity contribution >= 4 is 17.5 Å². The molecule has 30 heavy (non-hydrogen) atoms. The summed E-state index contributed by atoms with van der Waals surface area (Å²) >= 11 is 6.33. The Hall–Kier alpha value is -2.98. The SMILES string of the molecule is COc1ccc(C(NC(=O)C2CC2c2ccccc2Cl)c2ccc(OC)cc2)cc1. The molecule has 2 unspecified atom stereocenters. The highest BCUT2D eigenvalue weighted by atomic mass is 35.5.